The summed E-state index contributed by atoms with van der Waals surface area (Å²) < 4.78 is 25.5. The van der Waals surface area contributed by atoms with Crippen LogP contribution in [-0.4, -0.2) is 57.7 Å². The Morgan fingerprint density at radius 1 is 1.23 bits per heavy atom. The van der Waals surface area contributed by atoms with E-state index in [9.17, 15) is 13.2 Å². The maximum Gasteiger partial charge on any atom is 0.243 e. The number of carbonyl (C=O) groups excluding carboxylic acids is 1. The van der Waals surface area contributed by atoms with E-state index in [0.29, 0.717) is 17.3 Å². The number of hydrogen-bond acceptors (Lipinski definition) is 4. The van der Waals surface area contributed by atoms with E-state index in [1.165, 1.54) is 19.3 Å². The Kier molecular flexibility index (Phi) is 7.73. The van der Waals surface area contributed by atoms with E-state index in [1.807, 2.05) is 0 Å². The van der Waals surface area contributed by atoms with Crippen LogP contribution in [0.1, 0.15) is 32.6 Å². The molecule has 8 heteroatoms. The first-order valence-corrected chi connectivity index (χ1v) is 11.3. The Labute approximate surface area is 161 Å². The van der Waals surface area contributed by atoms with Gasteiger partial charge >= 0.3 is 0 Å². The van der Waals surface area contributed by atoms with Crippen molar-refractivity contribution in [3.63, 3.8) is 0 Å². The first-order chi connectivity index (χ1) is 12.3. The van der Waals surface area contributed by atoms with Gasteiger partial charge in [-0.05, 0) is 70.1 Å². The largest absolute Gasteiger partial charge is 0.354 e. The maximum atomic E-state index is 12.5. The van der Waals surface area contributed by atoms with Crippen LogP contribution < -0.4 is 9.62 Å². The van der Waals surface area contributed by atoms with Gasteiger partial charge in [0.25, 0.3) is 0 Å². The van der Waals surface area contributed by atoms with Crippen LogP contribution in [0.4, 0.5) is 5.69 Å². The lowest BCUT2D eigenvalue weighted by atomic mass is 10.1. The topological polar surface area (TPSA) is 69.7 Å². The van der Waals surface area contributed by atoms with Gasteiger partial charge in [0.05, 0.1) is 11.9 Å². The number of amides is 1. The number of nitrogens with one attached hydrogen (secondary N) is 1. The van der Waals surface area contributed by atoms with E-state index < -0.39 is 16.1 Å². The minimum Gasteiger partial charge on any atom is -0.354 e. The third kappa shape index (κ3) is 6.14. The summed E-state index contributed by atoms with van der Waals surface area (Å²) in [5.41, 5.74) is 0.424. The molecule has 1 saturated heterocycles. The lowest BCUT2D eigenvalue weighted by Gasteiger charge is -2.29. The van der Waals surface area contributed by atoms with Gasteiger partial charge in [-0.15, -0.1) is 0 Å². The Balaban J connectivity index is 1.91. The highest BCUT2D eigenvalue weighted by Gasteiger charge is 2.28. The second kappa shape index (κ2) is 9.58. The molecule has 1 atom stereocenters. The lowest BCUT2D eigenvalue weighted by Crippen LogP contribution is -2.48. The molecule has 2 rings (SSSR count). The van der Waals surface area contributed by atoms with Gasteiger partial charge in [-0.1, -0.05) is 18.0 Å². The summed E-state index contributed by atoms with van der Waals surface area (Å²) in [6.07, 6.45) is 5.75. The van der Waals surface area contributed by atoms with Crippen LogP contribution in [0.5, 0.6) is 0 Å². The van der Waals surface area contributed by atoms with Crippen molar-refractivity contribution in [2.45, 2.75) is 38.6 Å². The molecular weight excluding hydrogens is 374 g/mol. The molecule has 1 aliphatic rings. The molecule has 1 fully saturated rings. The molecule has 0 spiro atoms. The lowest BCUT2D eigenvalue weighted by molar-refractivity contribution is -0.121. The summed E-state index contributed by atoms with van der Waals surface area (Å²) in [5.74, 6) is -0.302. The monoisotopic (exact) mass is 401 g/mol. The average molecular weight is 402 g/mol. The van der Waals surface area contributed by atoms with Crippen LogP contribution in [0.2, 0.25) is 5.02 Å². The fourth-order valence-corrected chi connectivity index (χ4v) is 4.54. The predicted octanol–water partition coefficient (Wildman–Crippen LogP) is 2.49. The first-order valence-electron chi connectivity index (χ1n) is 9.04. The zero-order chi connectivity index (χ0) is 19.2. The number of benzene rings is 1. The molecule has 1 aliphatic heterocycles. The molecule has 1 heterocycles. The van der Waals surface area contributed by atoms with Gasteiger partial charge in [-0.2, -0.15) is 0 Å². The molecule has 6 nitrogen and oxygen atoms in total. The Morgan fingerprint density at radius 3 is 2.42 bits per heavy atom. The van der Waals surface area contributed by atoms with Gasteiger partial charge in [-0.3, -0.25) is 9.10 Å². The third-order valence-electron chi connectivity index (χ3n) is 4.57. The minimum absolute atomic E-state index is 0.302. The van der Waals surface area contributed by atoms with Crippen molar-refractivity contribution in [1.29, 1.82) is 0 Å². The maximum absolute atomic E-state index is 12.5. The fourth-order valence-electron chi connectivity index (χ4n) is 3.24. The standard InChI is InChI=1S/C18H28ClN3O3S/c1-15(18(23)20-11-6-14-21-12-4-3-5-13-21)22(26(2,24)25)17-9-7-16(19)8-10-17/h7-10,15H,3-6,11-14H2,1-2H3,(H,20,23). The molecule has 146 valence electrons. The van der Waals surface area contributed by atoms with E-state index in [-0.39, 0.29) is 5.91 Å². The van der Waals surface area contributed by atoms with Crippen molar-refractivity contribution in [2.75, 3.05) is 36.7 Å². The Hall–Kier alpha value is -1.31. The van der Waals surface area contributed by atoms with Crippen molar-refractivity contribution in [3.8, 4) is 0 Å². The highest BCUT2D eigenvalue weighted by Crippen LogP contribution is 2.23. The summed E-state index contributed by atoms with van der Waals surface area (Å²) in [4.78, 5) is 14.9. The average Bonchev–Trinajstić information content (AvgIpc) is 2.60. The van der Waals surface area contributed by atoms with Crippen molar-refractivity contribution < 1.29 is 13.2 Å². The number of anilines is 1. The van der Waals surface area contributed by atoms with E-state index in [0.717, 1.165) is 36.6 Å². The molecule has 0 bridgehead atoms. The van der Waals surface area contributed by atoms with Crippen molar-refractivity contribution in [2.24, 2.45) is 0 Å². The smallest absolute Gasteiger partial charge is 0.243 e. The number of likely N-dealkylation sites (tertiary alicyclic amines) is 1. The van der Waals surface area contributed by atoms with Crippen LogP contribution in [0, 0.1) is 0 Å². The van der Waals surface area contributed by atoms with Crippen LogP contribution in [0.15, 0.2) is 24.3 Å². The van der Waals surface area contributed by atoms with Crippen molar-refractivity contribution >= 4 is 33.2 Å². The normalized spacial score (nSPS) is 16.9. The van der Waals surface area contributed by atoms with Gasteiger partial charge in [0.1, 0.15) is 6.04 Å². The van der Waals surface area contributed by atoms with Crippen LogP contribution in [-0.2, 0) is 14.8 Å². The number of sulfonamides is 1. The Bertz CT molecular complexity index is 688. The van der Waals surface area contributed by atoms with Gasteiger partial charge in [0, 0.05) is 11.6 Å². The van der Waals surface area contributed by atoms with E-state index >= 15 is 0 Å². The molecule has 0 aromatic heterocycles. The first kappa shape index (κ1) is 21.0. The molecular formula is C18H28ClN3O3S. The summed E-state index contributed by atoms with van der Waals surface area (Å²) in [5, 5.41) is 3.37. The highest BCUT2D eigenvalue weighted by atomic mass is 35.5. The zero-order valence-electron chi connectivity index (χ0n) is 15.4. The van der Waals surface area contributed by atoms with Gasteiger partial charge < -0.3 is 10.2 Å². The number of piperidine rings is 1. The number of rotatable bonds is 8. The van der Waals surface area contributed by atoms with Crippen LogP contribution in [0.3, 0.4) is 0 Å². The quantitative estimate of drug-likeness (QED) is 0.679. The molecule has 1 aromatic rings. The number of hydrogen-bond donors (Lipinski definition) is 1. The number of carbonyl (C=O) groups is 1. The Morgan fingerprint density at radius 2 is 1.85 bits per heavy atom. The van der Waals surface area contributed by atoms with Crippen LogP contribution in [0.25, 0.3) is 0 Å². The second-order valence-corrected chi connectivity index (χ2v) is 9.05. The SMILES string of the molecule is CC(C(=O)NCCCN1CCCCC1)N(c1ccc(Cl)cc1)S(C)(=O)=O. The summed E-state index contributed by atoms with van der Waals surface area (Å²) in [6, 6.07) is 5.59. The van der Waals surface area contributed by atoms with E-state index in [4.69, 9.17) is 11.6 Å². The van der Waals surface area contributed by atoms with Crippen LogP contribution >= 0.6 is 11.6 Å². The summed E-state index contributed by atoms with van der Waals surface area (Å²) in [7, 11) is -3.60. The highest BCUT2D eigenvalue weighted by molar-refractivity contribution is 7.92. The van der Waals surface area contributed by atoms with Gasteiger partial charge in [-0.25, -0.2) is 8.42 Å². The van der Waals surface area contributed by atoms with Crippen molar-refractivity contribution in [1.82, 2.24) is 10.2 Å². The minimum atomic E-state index is -3.60. The third-order valence-corrected chi connectivity index (χ3v) is 6.06. The molecule has 26 heavy (non-hydrogen) atoms. The molecule has 1 N–H and O–H groups in total. The molecule has 1 amide bonds. The number of halogens is 1. The number of nitrogens with zero attached hydrogens (tertiary/aromatic N) is 2. The van der Waals surface area contributed by atoms with Gasteiger partial charge in [0.2, 0.25) is 15.9 Å². The molecule has 0 radical (unpaired) electrons. The molecule has 1 aromatic carbocycles. The van der Waals surface area contributed by atoms with E-state index in [1.54, 1.807) is 31.2 Å². The zero-order valence-corrected chi connectivity index (χ0v) is 17.0. The van der Waals surface area contributed by atoms with Crippen molar-refractivity contribution in [3.05, 3.63) is 29.3 Å². The second-order valence-electron chi connectivity index (χ2n) is 6.76. The molecule has 0 aliphatic carbocycles. The van der Waals surface area contributed by atoms with Gasteiger partial charge in [0.15, 0.2) is 0 Å². The summed E-state index contributed by atoms with van der Waals surface area (Å²) in [6.45, 7) is 5.35. The van der Waals surface area contributed by atoms with E-state index in [2.05, 4.69) is 10.2 Å². The molecule has 1 unspecified atom stereocenters. The predicted molar refractivity (Wildman–Crippen MR) is 106 cm³/mol. The fraction of sp³-hybridized carbons (Fsp3) is 0.611. The summed E-state index contributed by atoms with van der Waals surface area (Å²) >= 11 is 5.87. The molecule has 0 saturated carbocycles.